The van der Waals surface area contributed by atoms with Crippen molar-refractivity contribution in [3.63, 3.8) is 0 Å². The van der Waals surface area contributed by atoms with Gasteiger partial charge in [0, 0.05) is 12.6 Å². The van der Waals surface area contributed by atoms with Crippen molar-refractivity contribution < 1.29 is 18.3 Å². The van der Waals surface area contributed by atoms with Gasteiger partial charge in [0.15, 0.2) is 0 Å². The van der Waals surface area contributed by atoms with Gasteiger partial charge in [-0.2, -0.15) is 0 Å². The van der Waals surface area contributed by atoms with Gasteiger partial charge in [0.25, 0.3) is 0 Å². The molecule has 0 aliphatic heterocycles. The molecule has 0 fully saturated rings. The van der Waals surface area contributed by atoms with Crippen molar-refractivity contribution in [1.29, 1.82) is 0 Å². The van der Waals surface area contributed by atoms with E-state index in [0.717, 1.165) is 5.56 Å². The molecular formula is C12H19NO4S. The first-order chi connectivity index (χ1) is 8.42. The zero-order chi connectivity index (χ0) is 13.8. The number of hydrogen-bond acceptors (Lipinski definition) is 4. The van der Waals surface area contributed by atoms with Crippen LogP contribution in [0.1, 0.15) is 18.1 Å². The highest BCUT2D eigenvalue weighted by molar-refractivity contribution is 7.89. The number of benzene rings is 1. The summed E-state index contributed by atoms with van der Waals surface area (Å²) in [4.78, 5) is 0.185. The second-order valence-electron chi connectivity index (χ2n) is 3.94. The molecule has 1 rings (SSSR count). The van der Waals surface area contributed by atoms with Crippen LogP contribution in [0.15, 0.2) is 17.0 Å². The maximum atomic E-state index is 12.0. The Hall–Kier alpha value is -1.11. The van der Waals surface area contributed by atoms with Crippen molar-refractivity contribution in [2.45, 2.75) is 25.7 Å². The monoisotopic (exact) mass is 273 g/mol. The first-order valence-corrected chi connectivity index (χ1v) is 7.25. The van der Waals surface area contributed by atoms with E-state index in [2.05, 4.69) is 4.72 Å². The lowest BCUT2D eigenvalue weighted by Crippen LogP contribution is -2.27. The Balaban J connectivity index is 3.19. The number of hydrogen-bond donors (Lipinski definition) is 2. The summed E-state index contributed by atoms with van der Waals surface area (Å²) in [5.41, 5.74) is 1.55. The molecule has 1 aromatic carbocycles. The average Bonchev–Trinajstić information content (AvgIpc) is 2.30. The molecule has 2 N–H and O–H groups in total. The molecule has 18 heavy (non-hydrogen) atoms. The summed E-state index contributed by atoms with van der Waals surface area (Å²) in [6.07, 6.45) is 0. The molecular weight excluding hydrogens is 254 g/mol. The van der Waals surface area contributed by atoms with E-state index >= 15 is 0 Å². The lowest BCUT2D eigenvalue weighted by molar-refractivity contribution is 0.301. The van der Waals surface area contributed by atoms with Gasteiger partial charge in [0.05, 0.1) is 18.1 Å². The number of aliphatic hydroxyl groups excluding tert-OH is 1. The Morgan fingerprint density at radius 3 is 2.50 bits per heavy atom. The predicted molar refractivity (Wildman–Crippen MR) is 69.4 cm³/mol. The highest BCUT2D eigenvalue weighted by atomic mass is 32.2. The highest BCUT2D eigenvalue weighted by Gasteiger charge is 2.18. The molecule has 0 spiro atoms. The molecule has 5 nitrogen and oxygen atoms in total. The van der Waals surface area contributed by atoms with E-state index in [-0.39, 0.29) is 18.0 Å². The van der Waals surface area contributed by atoms with Crippen molar-refractivity contribution in [3.8, 4) is 5.75 Å². The third-order valence-electron chi connectivity index (χ3n) is 2.47. The zero-order valence-electron chi connectivity index (χ0n) is 10.9. The van der Waals surface area contributed by atoms with Crippen LogP contribution in [0.5, 0.6) is 5.75 Å². The molecule has 6 heteroatoms. The van der Waals surface area contributed by atoms with Crippen LogP contribution in [0.25, 0.3) is 0 Å². The third-order valence-corrected chi connectivity index (χ3v) is 4.07. The van der Waals surface area contributed by atoms with Crippen LogP contribution in [-0.2, 0) is 10.0 Å². The SMILES string of the molecule is CCOc1cc(S(=O)(=O)NCCO)c(C)cc1C. The number of sulfonamides is 1. The fourth-order valence-corrected chi connectivity index (χ4v) is 2.93. The summed E-state index contributed by atoms with van der Waals surface area (Å²) >= 11 is 0. The van der Waals surface area contributed by atoms with Gasteiger partial charge in [-0.3, -0.25) is 0 Å². The molecule has 0 atom stereocenters. The average molecular weight is 273 g/mol. The van der Waals surface area contributed by atoms with Crippen molar-refractivity contribution in [2.24, 2.45) is 0 Å². The molecule has 0 heterocycles. The van der Waals surface area contributed by atoms with Gasteiger partial charge in [0.2, 0.25) is 10.0 Å². The van der Waals surface area contributed by atoms with Crippen LogP contribution in [-0.4, -0.2) is 33.3 Å². The van der Waals surface area contributed by atoms with E-state index < -0.39 is 10.0 Å². The molecule has 0 radical (unpaired) electrons. The molecule has 0 saturated carbocycles. The molecule has 0 saturated heterocycles. The summed E-state index contributed by atoms with van der Waals surface area (Å²) in [6.45, 7) is 5.69. The lowest BCUT2D eigenvalue weighted by Gasteiger charge is -2.13. The summed E-state index contributed by atoms with van der Waals surface area (Å²) in [6, 6.07) is 3.30. The van der Waals surface area contributed by atoms with E-state index in [1.165, 1.54) is 6.07 Å². The molecule has 0 unspecified atom stereocenters. The van der Waals surface area contributed by atoms with Crippen LogP contribution in [0.2, 0.25) is 0 Å². The normalized spacial score (nSPS) is 11.6. The van der Waals surface area contributed by atoms with Gasteiger partial charge < -0.3 is 9.84 Å². The van der Waals surface area contributed by atoms with Crippen LogP contribution < -0.4 is 9.46 Å². The largest absolute Gasteiger partial charge is 0.494 e. The van der Waals surface area contributed by atoms with Crippen LogP contribution in [0.4, 0.5) is 0 Å². The first kappa shape index (κ1) is 14.9. The van der Waals surface area contributed by atoms with Crippen molar-refractivity contribution >= 4 is 10.0 Å². The van der Waals surface area contributed by atoms with Crippen LogP contribution in [0.3, 0.4) is 0 Å². The Labute approximate surface area is 108 Å². The summed E-state index contributed by atoms with van der Waals surface area (Å²) < 4.78 is 31.7. The summed E-state index contributed by atoms with van der Waals surface area (Å²) in [7, 11) is -3.60. The maximum absolute atomic E-state index is 12.0. The minimum absolute atomic E-state index is 0.000379. The molecule has 102 valence electrons. The number of aryl methyl sites for hydroxylation is 2. The topological polar surface area (TPSA) is 75.6 Å². The second kappa shape index (κ2) is 6.17. The van der Waals surface area contributed by atoms with Gasteiger partial charge in [0.1, 0.15) is 5.75 Å². The predicted octanol–water partition coefficient (Wildman–Crippen LogP) is 0.973. The number of rotatable bonds is 6. The van der Waals surface area contributed by atoms with E-state index in [9.17, 15) is 8.42 Å². The zero-order valence-corrected chi connectivity index (χ0v) is 11.7. The molecule has 0 aliphatic rings. The van der Waals surface area contributed by atoms with Gasteiger partial charge in [-0.15, -0.1) is 0 Å². The molecule has 0 aromatic heterocycles. The van der Waals surface area contributed by atoms with E-state index in [4.69, 9.17) is 9.84 Å². The lowest BCUT2D eigenvalue weighted by atomic mass is 10.1. The van der Waals surface area contributed by atoms with Gasteiger partial charge >= 0.3 is 0 Å². The Morgan fingerprint density at radius 1 is 1.28 bits per heavy atom. The molecule has 0 aliphatic carbocycles. The minimum Gasteiger partial charge on any atom is -0.494 e. The Morgan fingerprint density at radius 2 is 1.94 bits per heavy atom. The second-order valence-corrected chi connectivity index (χ2v) is 5.67. The highest BCUT2D eigenvalue weighted by Crippen LogP contribution is 2.25. The quantitative estimate of drug-likeness (QED) is 0.810. The van der Waals surface area contributed by atoms with Gasteiger partial charge in [-0.25, -0.2) is 13.1 Å². The van der Waals surface area contributed by atoms with Crippen molar-refractivity contribution in [1.82, 2.24) is 4.72 Å². The number of nitrogens with one attached hydrogen (secondary N) is 1. The van der Waals surface area contributed by atoms with E-state index in [1.807, 2.05) is 13.8 Å². The van der Waals surface area contributed by atoms with Crippen LogP contribution in [0, 0.1) is 13.8 Å². The number of ether oxygens (including phenoxy) is 1. The molecule has 1 aromatic rings. The van der Waals surface area contributed by atoms with Crippen molar-refractivity contribution in [2.75, 3.05) is 19.8 Å². The first-order valence-electron chi connectivity index (χ1n) is 5.77. The minimum atomic E-state index is -3.60. The van der Waals surface area contributed by atoms with E-state index in [0.29, 0.717) is 17.9 Å². The summed E-state index contributed by atoms with van der Waals surface area (Å²) in [5, 5.41) is 8.68. The van der Waals surface area contributed by atoms with E-state index in [1.54, 1.807) is 13.0 Å². The van der Waals surface area contributed by atoms with Gasteiger partial charge in [-0.05, 0) is 31.9 Å². The third kappa shape index (κ3) is 3.44. The van der Waals surface area contributed by atoms with Gasteiger partial charge in [-0.1, -0.05) is 6.07 Å². The fraction of sp³-hybridized carbons (Fsp3) is 0.500. The summed E-state index contributed by atoms with van der Waals surface area (Å²) in [5.74, 6) is 0.562. The molecule has 0 bridgehead atoms. The van der Waals surface area contributed by atoms with Crippen molar-refractivity contribution in [3.05, 3.63) is 23.3 Å². The Kier molecular flexibility index (Phi) is 5.13. The maximum Gasteiger partial charge on any atom is 0.241 e. The Bertz CT molecular complexity index is 511. The smallest absolute Gasteiger partial charge is 0.241 e. The standard InChI is InChI=1S/C12H19NO4S/c1-4-17-11-8-12(10(3)7-9(11)2)18(15,16)13-5-6-14/h7-8,13-14H,4-6H2,1-3H3. The fourth-order valence-electron chi connectivity index (χ4n) is 1.67. The number of aliphatic hydroxyl groups is 1. The molecule has 0 amide bonds. The van der Waals surface area contributed by atoms with Crippen LogP contribution >= 0.6 is 0 Å².